The highest BCUT2D eigenvalue weighted by molar-refractivity contribution is 6.04. The fourth-order valence-electron chi connectivity index (χ4n) is 4.91. The Morgan fingerprint density at radius 2 is 1.89 bits per heavy atom. The molecule has 1 aromatic heterocycles. The van der Waals surface area contributed by atoms with Crippen LogP contribution < -0.4 is 5.32 Å². The highest BCUT2D eigenvalue weighted by Gasteiger charge is 2.42. The molecule has 0 spiro atoms. The second-order valence-corrected chi connectivity index (χ2v) is 7.85. The molecule has 0 saturated heterocycles. The Kier molecular flexibility index (Phi) is 4.94. The predicted molar refractivity (Wildman–Crippen MR) is 102 cm³/mol. The SMILES string of the molecule is C#CCn1ccc(C2CC3CC(O)CC3C2)c1C(=O)Nc1ccc(F)c(F)c1. The zero-order valence-electron chi connectivity index (χ0n) is 15.4. The Morgan fingerprint density at radius 1 is 1.18 bits per heavy atom. The number of amides is 1. The lowest BCUT2D eigenvalue weighted by atomic mass is 9.94. The first-order valence-electron chi connectivity index (χ1n) is 9.53. The van der Waals surface area contributed by atoms with E-state index in [4.69, 9.17) is 6.42 Å². The van der Waals surface area contributed by atoms with Gasteiger partial charge in [-0.1, -0.05) is 5.92 Å². The molecule has 0 bridgehead atoms. The van der Waals surface area contributed by atoms with Crippen molar-refractivity contribution < 1.29 is 18.7 Å². The van der Waals surface area contributed by atoms with Gasteiger partial charge < -0.3 is 15.0 Å². The van der Waals surface area contributed by atoms with Gasteiger partial charge in [0.15, 0.2) is 11.6 Å². The first-order valence-corrected chi connectivity index (χ1v) is 9.53. The van der Waals surface area contributed by atoms with Crippen LogP contribution in [0.15, 0.2) is 30.5 Å². The van der Waals surface area contributed by atoms with E-state index in [9.17, 15) is 18.7 Å². The summed E-state index contributed by atoms with van der Waals surface area (Å²) in [5.74, 6) is 1.38. The Balaban J connectivity index is 1.60. The standard InChI is InChI=1S/C22H22F2N2O2/c1-2-6-26-7-5-18(15-8-13-10-17(27)11-14(13)9-15)21(26)22(28)25-16-3-4-19(23)20(24)12-16/h1,3-5,7,12-15,17,27H,6,8-11H2,(H,25,28). The van der Waals surface area contributed by atoms with E-state index < -0.39 is 17.5 Å². The van der Waals surface area contributed by atoms with Crippen LogP contribution in [0.4, 0.5) is 14.5 Å². The number of aliphatic hydroxyl groups excluding tert-OH is 1. The number of carbonyl (C=O) groups excluding carboxylic acids is 1. The summed E-state index contributed by atoms with van der Waals surface area (Å²) in [6.07, 6.45) is 10.6. The third-order valence-electron chi connectivity index (χ3n) is 6.08. The summed E-state index contributed by atoms with van der Waals surface area (Å²) < 4.78 is 28.3. The number of hydrogen-bond acceptors (Lipinski definition) is 2. The molecule has 4 rings (SSSR count). The van der Waals surface area contributed by atoms with Crippen molar-refractivity contribution in [1.29, 1.82) is 0 Å². The zero-order valence-corrected chi connectivity index (χ0v) is 15.4. The number of nitrogens with zero attached hydrogens (tertiary/aromatic N) is 1. The number of aromatic nitrogens is 1. The minimum absolute atomic E-state index is 0.190. The molecular weight excluding hydrogens is 362 g/mol. The van der Waals surface area contributed by atoms with Crippen molar-refractivity contribution in [3.05, 3.63) is 53.4 Å². The maximum absolute atomic E-state index is 13.5. The van der Waals surface area contributed by atoms with E-state index in [1.807, 2.05) is 6.07 Å². The topological polar surface area (TPSA) is 54.3 Å². The monoisotopic (exact) mass is 384 g/mol. The molecule has 2 saturated carbocycles. The van der Waals surface area contributed by atoms with Gasteiger partial charge in [0.1, 0.15) is 5.69 Å². The van der Waals surface area contributed by atoms with Crippen molar-refractivity contribution >= 4 is 11.6 Å². The van der Waals surface area contributed by atoms with E-state index in [1.54, 1.807) is 10.8 Å². The molecule has 2 atom stereocenters. The van der Waals surface area contributed by atoms with Crippen molar-refractivity contribution in [1.82, 2.24) is 4.57 Å². The molecule has 2 aliphatic rings. The number of aliphatic hydroxyl groups is 1. The molecule has 1 heterocycles. The molecule has 146 valence electrons. The quantitative estimate of drug-likeness (QED) is 0.785. The summed E-state index contributed by atoms with van der Waals surface area (Å²) in [6.45, 7) is 0.249. The predicted octanol–water partition coefficient (Wildman–Crippen LogP) is 3.92. The van der Waals surface area contributed by atoms with Gasteiger partial charge in [-0.05, 0) is 67.2 Å². The number of terminal acetylenes is 1. The Morgan fingerprint density at radius 3 is 2.54 bits per heavy atom. The Hall–Kier alpha value is -2.65. The van der Waals surface area contributed by atoms with Crippen LogP contribution in [0.1, 0.15) is 47.7 Å². The van der Waals surface area contributed by atoms with Crippen LogP contribution in [0.25, 0.3) is 0 Å². The fourth-order valence-corrected chi connectivity index (χ4v) is 4.91. The molecule has 2 unspecified atom stereocenters. The molecule has 6 heteroatoms. The van der Waals surface area contributed by atoms with Crippen LogP contribution in [-0.2, 0) is 6.54 Å². The van der Waals surface area contributed by atoms with Crippen LogP contribution in [0, 0.1) is 35.8 Å². The van der Waals surface area contributed by atoms with E-state index in [-0.39, 0.29) is 24.3 Å². The van der Waals surface area contributed by atoms with Gasteiger partial charge in [0.05, 0.1) is 12.6 Å². The van der Waals surface area contributed by atoms with Gasteiger partial charge in [-0.25, -0.2) is 8.78 Å². The smallest absolute Gasteiger partial charge is 0.272 e. The lowest BCUT2D eigenvalue weighted by Gasteiger charge is -2.16. The summed E-state index contributed by atoms with van der Waals surface area (Å²) >= 11 is 0. The molecule has 1 amide bonds. The van der Waals surface area contributed by atoms with Gasteiger partial charge in [0.2, 0.25) is 0 Å². The van der Waals surface area contributed by atoms with Crippen molar-refractivity contribution in [3.63, 3.8) is 0 Å². The summed E-state index contributed by atoms with van der Waals surface area (Å²) in [4.78, 5) is 13.0. The van der Waals surface area contributed by atoms with E-state index in [0.29, 0.717) is 17.5 Å². The van der Waals surface area contributed by atoms with Gasteiger partial charge in [0, 0.05) is 18.0 Å². The first kappa shape index (κ1) is 18.7. The largest absolute Gasteiger partial charge is 0.393 e. The average Bonchev–Trinajstić information content (AvgIpc) is 3.31. The molecule has 1 aromatic carbocycles. The molecule has 0 radical (unpaired) electrons. The Labute approximate surface area is 162 Å². The molecule has 28 heavy (non-hydrogen) atoms. The highest BCUT2D eigenvalue weighted by atomic mass is 19.2. The molecular formula is C22H22F2N2O2. The van der Waals surface area contributed by atoms with Crippen LogP contribution in [0.3, 0.4) is 0 Å². The number of halogens is 2. The first-order chi connectivity index (χ1) is 13.5. The van der Waals surface area contributed by atoms with Crippen molar-refractivity contribution in [2.24, 2.45) is 11.8 Å². The third-order valence-corrected chi connectivity index (χ3v) is 6.08. The number of benzene rings is 1. The van der Waals surface area contributed by atoms with Crippen molar-refractivity contribution in [3.8, 4) is 12.3 Å². The molecule has 2 aliphatic carbocycles. The lowest BCUT2D eigenvalue weighted by molar-refractivity contribution is 0.101. The summed E-state index contributed by atoms with van der Waals surface area (Å²) in [6, 6.07) is 5.20. The van der Waals surface area contributed by atoms with Gasteiger partial charge in [-0.3, -0.25) is 4.79 Å². The second kappa shape index (κ2) is 7.40. The van der Waals surface area contributed by atoms with Gasteiger partial charge in [-0.15, -0.1) is 6.42 Å². The average molecular weight is 384 g/mol. The van der Waals surface area contributed by atoms with E-state index >= 15 is 0 Å². The van der Waals surface area contributed by atoms with Crippen molar-refractivity contribution in [2.75, 3.05) is 5.32 Å². The zero-order chi connectivity index (χ0) is 19.8. The van der Waals surface area contributed by atoms with Gasteiger partial charge in [-0.2, -0.15) is 0 Å². The summed E-state index contributed by atoms with van der Waals surface area (Å²) in [7, 11) is 0. The number of fused-ring (bicyclic) bond motifs is 1. The minimum atomic E-state index is -1.01. The van der Waals surface area contributed by atoms with Crippen LogP contribution >= 0.6 is 0 Å². The minimum Gasteiger partial charge on any atom is -0.393 e. The normalized spacial score (nSPS) is 26.1. The van der Waals surface area contributed by atoms with E-state index in [1.165, 1.54) is 6.07 Å². The van der Waals surface area contributed by atoms with Gasteiger partial charge in [0.25, 0.3) is 5.91 Å². The van der Waals surface area contributed by atoms with Crippen LogP contribution in [0.2, 0.25) is 0 Å². The number of rotatable bonds is 4. The number of nitrogens with one attached hydrogen (secondary N) is 1. The third kappa shape index (κ3) is 3.43. The number of carbonyl (C=O) groups is 1. The molecule has 2 aromatic rings. The van der Waals surface area contributed by atoms with Crippen LogP contribution in [-0.4, -0.2) is 21.7 Å². The molecule has 2 fully saturated rings. The second-order valence-electron chi connectivity index (χ2n) is 7.85. The molecule has 0 aliphatic heterocycles. The highest BCUT2D eigenvalue weighted by Crippen LogP contribution is 2.51. The van der Waals surface area contributed by atoms with Crippen molar-refractivity contribution in [2.45, 2.75) is 44.2 Å². The number of hydrogen-bond donors (Lipinski definition) is 2. The summed E-state index contributed by atoms with van der Waals surface area (Å²) in [5, 5.41) is 12.5. The number of anilines is 1. The molecule has 2 N–H and O–H groups in total. The van der Waals surface area contributed by atoms with E-state index in [0.717, 1.165) is 43.4 Å². The molecule has 4 nitrogen and oxygen atoms in total. The maximum Gasteiger partial charge on any atom is 0.272 e. The Bertz CT molecular complexity index is 932. The summed E-state index contributed by atoms with van der Waals surface area (Å²) in [5.41, 5.74) is 1.59. The van der Waals surface area contributed by atoms with Crippen LogP contribution in [0.5, 0.6) is 0 Å². The maximum atomic E-state index is 13.5. The fraction of sp³-hybridized carbons (Fsp3) is 0.409. The van der Waals surface area contributed by atoms with E-state index in [2.05, 4.69) is 11.2 Å². The lowest BCUT2D eigenvalue weighted by Crippen LogP contribution is -2.19. The van der Waals surface area contributed by atoms with Gasteiger partial charge >= 0.3 is 0 Å².